The number of carbonyl (C=O) groups is 1. The van der Waals surface area contributed by atoms with Crippen molar-refractivity contribution in [2.75, 3.05) is 20.1 Å². The van der Waals surface area contributed by atoms with Crippen molar-refractivity contribution in [2.24, 2.45) is 5.92 Å². The standard InChI is InChI=1S/C12H18N2O2/c1-14-5-2-3-10(8-14)7-12-13-11(4-6-15)9-16-12/h6,9-10H,2-5,7-8H2,1H3. The minimum atomic E-state index is 0.355. The maximum absolute atomic E-state index is 10.3. The van der Waals surface area contributed by atoms with E-state index in [1.807, 2.05) is 0 Å². The van der Waals surface area contributed by atoms with Crippen LogP contribution in [0.3, 0.4) is 0 Å². The third kappa shape index (κ3) is 2.92. The first-order valence-corrected chi connectivity index (χ1v) is 5.83. The van der Waals surface area contributed by atoms with Crippen LogP contribution >= 0.6 is 0 Å². The monoisotopic (exact) mass is 222 g/mol. The van der Waals surface area contributed by atoms with Crippen molar-refractivity contribution in [1.82, 2.24) is 9.88 Å². The molecular weight excluding hydrogens is 204 g/mol. The predicted octanol–water partition coefficient (Wildman–Crippen LogP) is 1.30. The van der Waals surface area contributed by atoms with Crippen molar-refractivity contribution in [3.8, 4) is 0 Å². The molecule has 1 unspecified atom stereocenters. The molecular formula is C12H18N2O2. The molecule has 1 saturated heterocycles. The number of rotatable bonds is 4. The molecule has 1 aliphatic rings. The first-order valence-electron chi connectivity index (χ1n) is 5.83. The Morgan fingerprint density at radius 1 is 1.69 bits per heavy atom. The van der Waals surface area contributed by atoms with E-state index in [9.17, 15) is 4.79 Å². The molecule has 0 bridgehead atoms. The number of aldehydes is 1. The van der Waals surface area contributed by atoms with E-state index >= 15 is 0 Å². The van der Waals surface area contributed by atoms with Crippen LogP contribution < -0.4 is 0 Å². The van der Waals surface area contributed by atoms with E-state index in [0.29, 0.717) is 12.3 Å². The van der Waals surface area contributed by atoms with Crippen LogP contribution in [0.25, 0.3) is 0 Å². The van der Waals surface area contributed by atoms with Gasteiger partial charge >= 0.3 is 0 Å². The van der Waals surface area contributed by atoms with Crippen LogP contribution in [0.5, 0.6) is 0 Å². The van der Waals surface area contributed by atoms with E-state index < -0.39 is 0 Å². The molecule has 0 N–H and O–H groups in total. The summed E-state index contributed by atoms with van der Waals surface area (Å²) in [6, 6.07) is 0. The Kier molecular flexibility index (Phi) is 3.72. The van der Waals surface area contributed by atoms with E-state index in [4.69, 9.17) is 4.42 Å². The Morgan fingerprint density at radius 2 is 2.56 bits per heavy atom. The summed E-state index contributed by atoms with van der Waals surface area (Å²) >= 11 is 0. The molecule has 0 spiro atoms. The zero-order valence-electron chi connectivity index (χ0n) is 9.69. The van der Waals surface area contributed by atoms with Crippen molar-refractivity contribution >= 4 is 6.29 Å². The average Bonchev–Trinajstić information content (AvgIpc) is 2.66. The van der Waals surface area contributed by atoms with E-state index in [2.05, 4.69) is 16.9 Å². The number of hydrogen-bond acceptors (Lipinski definition) is 4. The van der Waals surface area contributed by atoms with Crippen molar-refractivity contribution in [3.05, 3.63) is 17.8 Å². The molecule has 1 fully saturated rings. The van der Waals surface area contributed by atoms with Crippen LogP contribution in [0.4, 0.5) is 0 Å². The molecule has 0 aromatic carbocycles. The number of carbonyl (C=O) groups excluding carboxylic acids is 1. The maximum atomic E-state index is 10.3. The Labute approximate surface area is 95.6 Å². The second-order valence-electron chi connectivity index (χ2n) is 4.58. The van der Waals surface area contributed by atoms with Gasteiger partial charge in [-0.2, -0.15) is 0 Å². The first-order chi connectivity index (χ1) is 7.78. The number of aromatic nitrogens is 1. The van der Waals surface area contributed by atoms with Gasteiger partial charge in [-0.05, 0) is 32.4 Å². The quantitative estimate of drug-likeness (QED) is 0.720. The Hall–Kier alpha value is -1.16. The maximum Gasteiger partial charge on any atom is 0.194 e. The zero-order valence-corrected chi connectivity index (χ0v) is 9.69. The summed E-state index contributed by atoms with van der Waals surface area (Å²) in [6.45, 7) is 2.31. The van der Waals surface area contributed by atoms with Gasteiger partial charge in [0.2, 0.25) is 0 Å². The van der Waals surface area contributed by atoms with Gasteiger partial charge in [0, 0.05) is 19.4 Å². The molecule has 0 aliphatic carbocycles. The van der Waals surface area contributed by atoms with E-state index in [-0.39, 0.29) is 0 Å². The van der Waals surface area contributed by atoms with Crippen molar-refractivity contribution in [3.63, 3.8) is 0 Å². The molecule has 2 rings (SSSR count). The summed E-state index contributed by atoms with van der Waals surface area (Å²) in [7, 11) is 2.15. The molecule has 0 saturated carbocycles. The van der Waals surface area contributed by atoms with E-state index in [1.165, 1.54) is 19.4 Å². The third-order valence-corrected chi connectivity index (χ3v) is 3.08. The van der Waals surface area contributed by atoms with Crippen molar-refractivity contribution in [2.45, 2.75) is 25.7 Å². The molecule has 1 aliphatic heterocycles. The summed E-state index contributed by atoms with van der Waals surface area (Å²) in [6.07, 6.45) is 6.20. The van der Waals surface area contributed by atoms with Crippen LogP contribution in [0, 0.1) is 5.92 Å². The normalized spacial score (nSPS) is 22.2. The lowest BCUT2D eigenvalue weighted by atomic mass is 9.95. The highest BCUT2D eigenvalue weighted by molar-refractivity contribution is 5.53. The highest BCUT2D eigenvalue weighted by Crippen LogP contribution is 2.19. The summed E-state index contributed by atoms with van der Waals surface area (Å²) in [5.74, 6) is 1.42. The van der Waals surface area contributed by atoms with Crippen LogP contribution in [-0.4, -0.2) is 36.3 Å². The molecule has 4 heteroatoms. The second kappa shape index (κ2) is 5.25. The molecule has 0 amide bonds. The number of oxazole rings is 1. The number of hydrogen-bond donors (Lipinski definition) is 0. The van der Waals surface area contributed by atoms with Crippen molar-refractivity contribution in [1.29, 1.82) is 0 Å². The average molecular weight is 222 g/mol. The minimum Gasteiger partial charge on any atom is -0.449 e. The van der Waals surface area contributed by atoms with Gasteiger partial charge in [-0.25, -0.2) is 4.98 Å². The fraction of sp³-hybridized carbons (Fsp3) is 0.667. The van der Waals surface area contributed by atoms with Gasteiger partial charge in [0.15, 0.2) is 5.89 Å². The molecule has 1 atom stereocenters. The first kappa shape index (κ1) is 11.3. The highest BCUT2D eigenvalue weighted by atomic mass is 16.3. The van der Waals surface area contributed by atoms with Gasteiger partial charge < -0.3 is 14.1 Å². The van der Waals surface area contributed by atoms with Crippen LogP contribution in [0.2, 0.25) is 0 Å². The fourth-order valence-electron chi connectivity index (χ4n) is 2.31. The van der Waals surface area contributed by atoms with Crippen LogP contribution in [0.15, 0.2) is 10.7 Å². The molecule has 1 aromatic heterocycles. The topological polar surface area (TPSA) is 46.3 Å². The van der Waals surface area contributed by atoms with Gasteiger partial charge in [-0.1, -0.05) is 0 Å². The van der Waals surface area contributed by atoms with Gasteiger partial charge in [-0.15, -0.1) is 0 Å². The Balaban J connectivity index is 1.89. The molecule has 1 aromatic rings. The Morgan fingerprint density at radius 3 is 3.31 bits per heavy atom. The van der Waals surface area contributed by atoms with Crippen LogP contribution in [-0.2, 0) is 17.6 Å². The fourth-order valence-corrected chi connectivity index (χ4v) is 2.31. The summed E-state index contributed by atoms with van der Waals surface area (Å²) < 4.78 is 5.37. The van der Waals surface area contributed by atoms with Crippen molar-refractivity contribution < 1.29 is 9.21 Å². The lowest BCUT2D eigenvalue weighted by molar-refractivity contribution is -0.107. The van der Waals surface area contributed by atoms with Gasteiger partial charge in [-0.3, -0.25) is 0 Å². The van der Waals surface area contributed by atoms with Gasteiger partial charge in [0.25, 0.3) is 0 Å². The lowest BCUT2D eigenvalue weighted by Gasteiger charge is -2.28. The summed E-state index contributed by atoms with van der Waals surface area (Å²) in [5.41, 5.74) is 0.745. The lowest BCUT2D eigenvalue weighted by Crippen LogP contribution is -2.33. The number of likely N-dealkylation sites (tertiary alicyclic amines) is 1. The third-order valence-electron chi connectivity index (χ3n) is 3.08. The predicted molar refractivity (Wildman–Crippen MR) is 60.2 cm³/mol. The smallest absolute Gasteiger partial charge is 0.194 e. The molecule has 2 heterocycles. The number of piperidine rings is 1. The molecule has 4 nitrogen and oxygen atoms in total. The minimum absolute atomic E-state index is 0.355. The van der Waals surface area contributed by atoms with Gasteiger partial charge in [0.1, 0.15) is 12.5 Å². The highest BCUT2D eigenvalue weighted by Gasteiger charge is 2.19. The second-order valence-corrected chi connectivity index (χ2v) is 4.58. The molecule has 16 heavy (non-hydrogen) atoms. The Bertz CT molecular complexity index is 349. The molecule has 0 radical (unpaired) electrons. The molecule has 88 valence electrons. The van der Waals surface area contributed by atoms with Gasteiger partial charge in [0.05, 0.1) is 5.69 Å². The van der Waals surface area contributed by atoms with E-state index in [0.717, 1.165) is 30.8 Å². The summed E-state index contributed by atoms with van der Waals surface area (Å²) in [5, 5.41) is 0. The largest absolute Gasteiger partial charge is 0.449 e. The SMILES string of the molecule is CN1CCCC(Cc2nc(CC=O)co2)C1. The summed E-state index contributed by atoms with van der Waals surface area (Å²) in [4.78, 5) is 17.0. The van der Waals surface area contributed by atoms with E-state index in [1.54, 1.807) is 6.26 Å². The number of nitrogens with zero attached hydrogens (tertiary/aromatic N) is 2. The zero-order chi connectivity index (χ0) is 11.4. The van der Waals surface area contributed by atoms with Crippen LogP contribution in [0.1, 0.15) is 24.4 Å².